The predicted molar refractivity (Wildman–Crippen MR) is 85.5 cm³/mol. The van der Waals surface area contributed by atoms with Crippen LogP contribution in [0.4, 0.5) is 0 Å². The molecule has 4 rings (SSSR count). The summed E-state index contributed by atoms with van der Waals surface area (Å²) in [4.78, 5) is 13.2. The number of aryl methyl sites for hydroxylation is 1. The van der Waals surface area contributed by atoms with Gasteiger partial charge in [0.25, 0.3) is 0 Å². The van der Waals surface area contributed by atoms with Crippen LogP contribution in [-0.2, 0) is 12.8 Å². The summed E-state index contributed by atoms with van der Waals surface area (Å²) in [6.07, 6.45) is 8.99. The number of benzene rings is 1. The summed E-state index contributed by atoms with van der Waals surface area (Å²) in [6.45, 7) is 4.48. The van der Waals surface area contributed by atoms with E-state index in [9.17, 15) is 4.79 Å². The van der Waals surface area contributed by atoms with Crippen LogP contribution >= 0.6 is 0 Å². The normalized spacial score (nSPS) is 30.1. The van der Waals surface area contributed by atoms with Crippen molar-refractivity contribution in [1.82, 2.24) is 0 Å². The van der Waals surface area contributed by atoms with E-state index in [1.54, 1.807) is 5.57 Å². The first-order valence-electron chi connectivity index (χ1n) is 8.43. The minimum Gasteiger partial charge on any atom is -0.294 e. The van der Waals surface area contributed by atoms with Crippen molar-refractivity contribution in [3.63, 3.8) is 0 Å². The average molecular weight is 280 g/mol. The SMILES string of the molecule is CC(C)Cc1ccc2c(c1)C(=O)C1(CC2)CC2=CCC1C2. The van der Waals surface area contributed by atoms with Gasteiger partial charge in [-0.3, -0.25) is 4.79 Å². The van der Waals surface area contributed by atoms with Gasteiger partial charge in [-0.05, 0) is 67.6 Å². The van der Waals surface area contributed by atoms with Gasteiger partial charge in [0, 0.05) is 11.0 Å². The Bertz CT molecular complexity index is 637. The third kappa shape index (κ3) is 1.93. The number of carbonyl (C=O) groups is 1. The molecule has 1 fully saturated rings. The zero-order chi connectivity index (χ0) is 14.6. The summed E-state index contributed by atoms with van der Waals surface area (Å²) in [5, 5.41) is 0. The van der Waals surface area contributed by atoms with Gasteiger partial charge in [-0.2, -0.15) is 0 Å². The van der Waals surface area contributed by atoms with Gasteiger partial charge < -0.3 is 0 Å². The smallest absolute Gasteiger partial charge is 0.169 e. The Balaban J connectivity index is 1.72. The van der Waals surface area contributed by atoms with Crippen LogP contribution in [0.2, 0.25) is 0 Å². The highest BCUT2D eigenvalue weighted by molar-refractivity contribution is 6.03. The molecule has 0 aliphatic heterocycles. The molecule has 3 aliphatic rings. The molecule has 0 radical (unpaired) electrons. The van der Waals surface area contributed by atoms with Crippen LogP contribution in [0.5, 0.6) is 0 Å². The van der Waals surface area contributed by atoms with Crippen molar-refractivity contribution in [3.8, 4) is 0 Å². The quantitative estimate of drug-likeness (QED) is 0.715. The van der Waals surface area contributed by atoms with E-state index in [0.717, 1.165) is 37.7 Å². The number of allylic oxidation sites excluding steroid dienone is 2. The highest BCUT2D eigenvalue weighted by atomic mass is 16.1. The molecule has 0 aromatic heterocycles. The zero-order valence-corrected chi connectivity index (χ0v) is 13.1. The van der Waals surface area contributed by atoms with E-state index in [-0.39, 0.29) is 5.41 Å². The van der Waals surface area contributed by atoms with Crippen molar-refractivity contribution in [2.24, 2.45) is 17.3 Å². The van der Waals surface area contributed by atoms with Crippen LogP contribution in [0, 0.1) is 17.3 Å². The van der Waals surface area contributed by atoms with Crippen LogP contribution in [0.15, 0.2) is 29.8 Å². The molecule has 1 aromatic rings. The van der Waals surface area contributed by atoms with Crippen LogP contribution in [0.25, 0.3) is 0 Å². The molecule has 1 saturated carbocycles. The Morgan fingerprint density at radius 3 is 2.86 bits per heavy atom. The summed E-state index contributed by atoms with van der Waals surface area (Å²) >= 11 is 0. The number of ketones is 1. The Kier molecular flexibility index (Phi) is 2.89. The fraction of sp³-hybridized carbons (Fsp3) is 0.550. The Morgan fingerprint density at radius 2 is 2.19 bits per heavy atom. The Morgan fingerprint density at radius 1 is 1.33 bits per heavy atom. The first-order chi connectivity index (χ1) is 10.1. The monoisotopic (exact) mass is 280 g/mol. The summed E-state index contributed by atoms with van der Waals surface area (Å²) in [7, 11) is 0. The zero-order valence-electron chi connectivity index (χ0n) is 13.1. The molecule has 2 unspecified atom stereocenters. The largest absolute Gasteiger partial charge is 0.294 e. The second kappa shape index (κ2) is 4.56. The van der Waals surface area contributed by atoms with Crippen LogP contribution in [-0.4, -0.2) is 5.78 Å². The second-order valence-corrected chi connectivity index (χ2v) is 7.75. The van der Waals surface area contributed by atoms with E-state index >= 15 is 0 Å². The lowest BCUT2D eigenvalue weighted by Crippen LogP contribution is -2.39. The molecule has 2 bridgehead atoms. The van der Waals surface area contributed by atoms with Crippen molar-refractivity contribution >= 4 is 5.78 Å². The van der Waals surface area contributed by atoms with E-state index in [1.807, 2.05) is 0 Å². The molecule has 0 amide bonds. The number of hydrogen-bond donors (Lipinski definition) is 0. The molecule has 1 aromatic carbocycles. The molecular weight excluding hydrogens is 256 g/mol. The van der Waals surface area contributed by atoms with Crippen molar-refractivity contribution in [2.45, 2.75) is 52.4 Å². The summed E-state index contributed by atoms with van der Waals surface area (Å²) < 4.78 is 0. The lowest BCUT2D eigenvalue weighted by atomic mass is 9.63. The molecule has 0 saturated heterocycles. The first kappa shape index (κ1) is 13.3. The summed E-state index contributed by atoms with van der Waals surface area (Å²) in [6, 6.07) is 6.65. The number of Topliss-reactive ketones (excluding diaryl/α,β-unsaturated/α-hetero) is 1. The highest BCUT2D eigenvalue weighted by Gasteiger charge is 2.53. The third-order valence-electron chi connectivity index (χ3n) is 5.88. The topological polar surface area (TPSA) is 17.1 Å². The minimum absolute atomic E-state index is 0.0342. The third-order valence-corrected chi connectivity index (χ3v) is 5.88. The Hall–Kier alpha value is -1.37. The minimum atomic E-state index is -0.0342. The molecule has 3 aliphatic carbocycles. The first-order valence-corrected chi connectivity index (χ1v) is 8.43. The standard InChI is InChI=1S/C20H24O/c1-13(2)9-14-3-5-16-7-8-20(19(21)18(16)11-14)12-15-4-6-17(20)10-15/h3-5,11,13,17H,6-10,12H2,1-2H3. The van der Waals surface area contributed by atoms with Gasteiger partial charge in [-0.15, -0.1) is 0 Å². The van der Waals surface area contributed by atoms with Crippen molar-refractivity contribution in [1.29, 1.82) is 0 Å². The van der Waals surface area contributed by atoms with Gasteiger partial charge in [-0.25, -0.2) is 0 Å². The van der Waals surface area contributed by atoms with Crippen LogP contribution < -0.4 is 0 Å². The van der Waals surface area contributed by atoms with E-state index in [2.05, 4.69) is 38.1 Å². The van der Waals surface area contributed by atoms with Crippen molar-refractivity contribution in [2.75, 3.05) is 0 Å². The van der Waals surface area contributed by atoms with Gasteiger partial charge in [0.05, 0.1) is 0 Å². The number of carbonyl (C=O) groups excluding carboxylic acids is 1. The number of hydrogen-bond acceptors (Lipinski definition) is 1. The highest BCUT2D eigenvalue weighted by Crippen LogP contribution is 2.58. The maximum absolute atomic E-state index is 13.2. The molecule has 0 N–H and O–H groups in total. The predicted octanol–water partition coefficient (Wildman–Crippen LogP) is 4.74. The number of fused-ring (bicyclic) bond motifs is 4. The lowest BCUT2D eigenvalue weighted by Gasteiger charge is -2.39. The summed E-state index contributed by atoms with van der Waals surface area (Å²) in [5.74, 6) is 1.70. The summed E-state index contributed by atoms with van der Waals surface area (Å²) in [5.41, 5.74) is 5.18. The fourth-order valence-corrected chi connectivity index (χ4v) is 4.86. The van der Waals surface area contributed by atoms with E-state index in [0.29, 0.717) is 17.6 Å². The van der Waals surface area contributed by atoms with Gasteiger partial charge in [0.1, 0.15) is 0 Å². The molecular formula is C20H24O. The lowest BCUT2D eigenvalue weighted by molar-refractivity contribution is 0.0670. The van der Waals surface area contributed by atoms with Gasteiger partial charge >= 0.3 is 0 Å². The molecule has 0 heterocycles. The maximum Gasteiger partial charge on any atom is 0.169 e. The molecule has 1 heteroatoms. The number of rotatable bonds is 2. The average Bonchev–Trinajstić information content (AvgIpc) is 3.04. The van der Waals surface area contributed by atoms with Crippen molar-refractivity contribution in [3.05, 3.63) is 46.5 Å². The molecule has 110 valence electrons. The second-order valence-electron chi connectivity index (χ2n) is 7.75. The van der Waals surface area contributed by atoms with Gasteiger partial charge in [0.15, 0.2) is 5.78 Å². The molecule has 1 nitrogen and oxygen atoms in total. The van der Waals surface area contributed by atoms with Crippen molar-refractivity contribution < 1.29 is 4.79 Å². The van der Waals surface area contributed by atoms with Crippen LogP contribution in [0.3, 0.4) is 0 Å². The van der Waals surface area contributed by atoms with E-state index < -0.39 is 0 Å². The molecule has 2 atom stereocenters. The van der Waals surface area contributed by atoms with Crippen LogP contribution in [0.1, 0.15) is 61.0 Å². The molecule has 21 heavy (non-hydrogen) atoms. The van der Waals surface area contributed by atoms with E-state index in [4.69, 9.17) is 0 Å². The fourth-order valence-electron chi connectivity index (χ4n) is 4.86. The molecule has 1 spiro atoms. The Labute approximate surface area is 127 Å². The van der Waals surface area contributed by atoms with Gasteiger partial charge in [0.2, 0.25) is 0 Å². The van der Waals surface area contributed by atoms with E-state index in [1.165, 1.54) is 17.5 Å². The maximum atomic E-state index is 13.2. The van der Waals surface area contributed by atoms with Gasteiger partial charge in [-0.1, -0.05) is 37.6 Å².